The topological polar surface area (TPSA) is 148 Å². The predicted octanol–water partition coefficient (Wildman–Crippen LogP) is 5.85. The molecule has 0 spiro atoms. The third kappa shape index (κ3) is 5.50. The van der Waals surface area contributed by atoms with Gasteiger partial charge in [0.25, 0.3) is 11.5 Å². The van der Waals surface area contributed by atoms with E-state index in [2.05, 4.69) is 20.4 Å². The summed E-state index contributed by atoms with van der Waals surface area (Å²) in [6.45, 7) is 1.74. The molecule has 12 nitrogen and oxygen atoms in total. The van der Waals surface area contributed by atoms with Gasteiger partial charge in [0.05, 0.1) is 17.4 Å². The number of aryl methyl sites for hydroxylation is 3. The number of ether oxygens (including phenoxy) is 1. The molecule has 0 radical (unpaired) electrons. The van der Waals surface area contributed by atoms with E-state index in [9.17, 15) is 14.0 Å². The van der Waals surface area contributed by atoms with Gasteiger partial charge in [0.15, 0.2) is 0 Å². The highest BCUT2D eigenvalue weighted by atomic mass is 19.1. The molecule has 234 valence electrons. The molecule has 0 saturated carbocycles. The van der Waals surface area contributed by atoms with E-state index in [1.807, 2.05) is 31.4 Å². The van der Waals surface area contributed by atoms with Gasteiger partial charge in [-0.15, -0.1) is 0 Å². The van der Waals surface area contributed by atoms with Gasteiger partial charge in [-0.1, -0.05) is 12.1 Å². The van der Waals surface area contributed by atoms with E-state index in [0.29, 0.717) is 51.1 Å². The smallest absolute Gasteiger partial charge is 0.284 e. The Labute approximate surface area is 266 Å². The molecule has 4 heterocycles. The number of hydrogen-bond acceptors (Lipinski definition) is 8. The minimum absolute atomic E-state index is 0.0746. The number of nitrogens with two attached hydrogens (primary N) is 1. The highest BCUT2D eigenvalue weighted by Crippen LogP contribution is 2.44. The highest BCUT2D eigenvalue weighted by molar-refractivity contribution is 6.04. The monoisotopic (exact) mass is 630 g/mol. The Morgan fingerprint density at radius 3 is 2.45 bits per heavy atom. The van der Waals surface area contributed by atoms with Crippen molar-refractivity contribution in [2.75, 3.05) is 11.1 Å². The van der Waals surface area contributed by atoms with E-state index in [1.54, 1.807) is 55.2 Å². The zero-order valence-electron chi connectivity index (χ0n) is 25.4. The third-order valence-electron chi connectivity index (χ3n) is 7.47. The molecule has 13 heteroatoms. The molecule has 3 aromatic carbocycles. The summed E-state index contributed by atoms with van der Waals surface area (Å²) in [7, 11) is 3.44. The van der Waals surface area contributed by atoms with Crippen molar-refractivity contribution in [2.45, 2.75) is 6.92 Å². The summed E-state index contributed by atoms with van der Waals surface area (Å²) in [5, 5.41) is 7.60. The first kappa shape index (κ1) is 29.2. The molecule has 0 aliphatic carbocycles. The number of nitrogen functional groups attached to an aromatic ring is 1. The number of furan rings is 1. The molecule has 3 N–H and O–H groups in total. The van der Waals surface area contributed by atoms with E-state index >= 15 is 0 Å². The zero-order valence-corrected chi connectivity index (χ0v) is 25.4. The molecule has 1 amide bonds. The number of carbonyl (C=O) groups excluding carboxylic acids is 1. The number of benzene rings is 3. The van der Waals surface area contributed by atoms with E-state index in [1.165, 1.54) is 39.8 Å². The molecule has 0 fully saturated rings. The van der Waals surface area contributed by atoms with Gasteiger partial charge >= 0.3 is 0 Å². The van der Waals surface area contributed by atoms with Crippen LogP contribution in [0.25, 0.3) is 39.2 Å². The Morgan fingerprint density at radius 1 is 0.979 bits per heavy atom. The maximum atomic E-state index is 13.4. The van der Waals surface area contributed by atoms with Crippen molar-refractivity contribution in [3.05, 3.63) is 119 Å². The van der Waals surface area contributed by atoms with Crippen molar-refractivity contribution < 1.29 is 18.3 Å². The number of hydrogen-bond donors (Lipinski definition) is 2. The molecule has 0 saturated heterocycles. The van der Waals surface area contributed by atoms with E-state index in [-0.39, 0.29) is 11.4 Å². The summed E-state index contributed by atoms with van der Waals surface area (Å²) >= 11 is 0. The largest absolute Gasteiger partial charge is 0.438 e. The summed E-state index contributed by atoms with van der Waals surface area (Å²) < 4.78 is 30.4. The molecule has 4 aromatic heterocycles. The SMILES string of the molecule is Cc1nc(Oc2ccc(NC(=O)c3cn(C)n(-c4ccc(F)cc4)c3=O)cc2)c2c(-c3cccc(N)c3)c(-c3cnn(C)c3)oc2n1. The van der Waals surface area contributed by atoms with E-state index in [0.717, 1.165) is 11.1 Å². The lowest BCUT2D eigenvalue weighted by atomic mass is 10.0. The maximum absolute atomic E-state index is 13.4. The molecular formula is C34H27FN8O4. The number of rotatable bonds is 7. The Bertz CT molecular complexity index is 2350. The van der Waals surface area contributed by atoms with Gasteiger partial charge in [0, 0.05) is 43.4 Å². The maximum Gasteiger partial charge on any atom is 0.284 e. The van der Waals surface area contributed by atoms with Crippen LogP contribution in [0.3, 0.4) is 0 Å². The van der Waals surface area contributed by atoms with Crippen molar-refractivity contribution >= 4 is 28.4 Å². The van der Waals surface area contributed by atoms with Crippen LogP contribution < -0.4 is 21.3 Å². The van der Waals surface area contributed by atoms with Crippen LogP contribution in [-0.2, 0) is 14.1 Å². The Kier molecular flexibility index (Phi) is 7.12. The second-order valence-electron chi connectivity index (χ2n) is 10.9. The number of carbonyl (C=O) groups is 1. The quantitative estimate of drug-likeness (QED) is 0.208. The minimum Gasteiger partial charge on any atom is -0.438 e. The Hall–Kier alpha value is -6.50. The van der Waals surface area contributed by atoms with Gasteiger partial charge in [0.1, 0.15) is 34.1 Å². The first-order chi connectivity index (χ1) is 22.6. The van der Waals surface area contributed by atoms with Crippen molar-refractivity contribution in [2.24, 2.45) is 14.1 Å². The van der Waals surface area contributed by atoms with Crippen LogP contribution in [0.2, 0.25) is 0 Å². The Balaban J connectivity index is 1.20. The number of nitrogens with zero attached hydrogens (tertiary/aromatic N) is 6. The summed E-state index contributed by atoms with van der Waals surface area (Å²) in [5.74, 6) is 0.662. The predicted molar refractivity (Wildman–Crippen MR) is 174 cm³/mol. The second kappa shape index (κ2) is 11.5. The Morgan fingerprint density at radius 2 is 1.74 bits per heavy atom. The summed E-state index contributed by atoms with van der Waals surface area (Å²) in [6, 6.07) is 19.5. The number of anilines is 2. The van der Waals surface area contributed by atoms with Crippen LogP contribution in [0.1, 0.15) is 16.2 Å². The fraction of sp³-hybridized carbons (Fsp3) is 0.0882. The van der Waals surface area contributed by atoms with E-state index < -0.39 is 17.3 Å². The lowest BCUT2D eigenvalue weighted by Crippen LogP contribution is -2.25. The fourth-order valence-electron chi connectivity index (χ4n) is 5.37. The lowest BCUT2D eigenvalue weighted by Gasteiger charge is -2.10. The molecule has 7 rings (SSSR count). The second-order valence-corrected chi connectivity index (χ2v) is 10.9. The van der Waals surface area contributed by atoms with Gasteiger partial charge in [-0.25, -0.2) is 9.07 Å². The van der Waals surface area contributed by atoms with Crippen LogP contribution in [0, 0.1) is 12.7 Å². The van der Waals surface area contributed by atoms with Crippen LogP contribution in [-0.4, -0.2) is 35.0 Å². The van der Waals surface area contributed by atoms with Crippen molar-refractivity contribution in [3.63, 3.8) is 0 Å². The van der Waals surface area contributed by atoms with E-state index in [4.69, 9.17) is 14.9 Å². The molecule has 7 aromatic rings. The van der Waals surface area contributed by atoms with Gasteiger partial charge in [-0.05, 0) is 73.2 Å². The molecule has 47 heavy (non-hydrogen) atoms. The summed E-state index contributed by atoms with van der Waals surface area (Å²) in [5.41, 5.74) is 9.55. The third-order valence-corrected chi connectivity index (χ3v) is 7.47. The van der Waals surface area contributed by atoms with Crippen LogP contribution in [0.4, 0.5) is 15.8 Å². The van der Waals surface area contributed by atoms with Crippen molar-refractivity contribution in [1.29, 1.82) is 0 Å². The molecular weight excluding hydrogens is 603 g/mol. The standard InChI is InChI=1S/C34H27FN8O4/c1-19-38-32(29-28(20-5-4-6-23(36)15-20)30(47-33(29)39-19)21-16-37-41(2)17-21)46-26-13-9-24(10-14-26)40-31(44)27-18-42(3)43(34(27)45)25-11-7-22(35)8-12-25/h4-18H,36H2,1-3H3,(H,40,44). The normalized spacial score (nSPS) is 11.2. The minimum atomic E-state index is -0.596. The molecule has 0 aliphatic rings. The number of aromatic nitrogens is 6. The van der Waals surface area contributed by atoms with Gasteiger partial charge in [-0.2, -0.15) is 15.1 Å². The first-order valence-electron chi connectivity index (χ1n) is 14.4. The van der Waals surface area contributed by atoms with Crippen LogP contribution >= 0.6 is 0 Å². The van der Waals surface area contributed by atoms with Gasteiger partial charge in [0.2, 0.25) is 11.6 Å². The molecule has 0 bridgehead atoms. The molecule has 0 unspecified atom stereocenters. The fourth-order valence-corrected chi connectivity index (χ4v) is 5.37. The lowest BCUT2D eigenvalue weighted by molar-refractivity contribution is 0.102. The first-order valence-corrected chi connectivity index (χ1v) is 14.4. The highest BCUT2D eigenvalue weighted by Gasteiger charge is 2.25. The van der Waals surface area contributed by atoms with Gasteiger partial charge in [-0.3, -0.25) is 19.0 Å². The van der Waals surface area contributed by atoms with Crippen molar-refractivity contribution in [3.8, 4) is 39.8 Å². The summed E-state index contributed by atoms with van der Waals surface area (Å²) in [6.07, 6.45) is 4.97. The van der Waals surface area contributed by atoms with Gasteiger partial charge < -0.3 is 20.2 Å². The number of halogens is 1. The van der Waals surface area contributed by atoms with Crippen LogP contribution in [0.15, 0.2) is 101 Å². The molecule has 0 aliphatic heterocycles. The average Bonchev–Trinajstić information content (AvgIpc) is 3.73. The number of fused-ring (bicyclic) bond motifs is 1. The summed E-state index contributed by atoms with van der Waals surface area (Å²) in [4.78, 5) is 35.3. The van der Waals surface area contributed by atoms with Crippen LogP contribution in [0.5, 0.6) is 11.6 Å². The molecule has 0 atom stereocenters. The van der Waals surface area contributed by atoms with Crippen molar-refractivity contribution in [1.82, 2.24) is 29.1 Å². The zero-order chi connectivity index (χ0) is 32.8. The number of amides is 1. The number of nitrogens with one attached hydrogen (secondary N) is 1. The average molecular weight is 631 g/mol.